The minimum absolute atomic E-state index is 0.102. The maximum Gasteiger partial charge on any atom is 0.347 e. The number of rotatable bonds is 4. The molecule has 0 aliphatic carbocycles. The van der Waals surface area contributed by atoms with E-state index in [0.717, 1.165) is 5.69 Å². The number of ether oxygens (including phenoxy) is 1. The molecule has 17 heavy (non-hydrogen) atoms. The second-order valence-corrected chi connectivity index (χ2v) is 3.60. The number of H-pyrrole nitrogens is 1. The van der Waals surface area contributed by atoms with Crippen molar-refractivity contribution < 1.29 is 4.74 Å². The third-order valence-electron chi connectivity index (χ3n) is 2.37. The Kier molecular flexibility index (Phi) is 3.49. The second kappa shape index (κ2) is 5.05. The zero-order valence-corrected chi connectivity index (χ0v) is 10.1. The van der Waals surface area contributed by atoms with Gasteiger partial charge in [-0.05, 0) is 24.3 Å². The van der Waals surface area contributed by atoms with Crippen LogP contribution in [0.5, 0.6) is 5.75 Å². The molecule has 0 aliphatic heterocycles. The van der Waals surface area contributed by atoms with Crippen molar-refractivity contribution in [3.05, 3.63) is 40.6 Å². The molecule has 1 heterocycles. The Balaban J connectivity index is 2.39. The van der Waals surface area contributed by atoms with Gasteiger partial charge in [-0.2, -0.15) is 5.10 Å². The lowest BCUT2D eigenvalue weighted by Crippen LogP contribution is -2.16. The summed E-state index contributed by atoms with van der Waals surface area (Å²) in [5.41, 5.74) is 0.510. The molecule has 1 aromatic carbocycles. The Hall–Kier alpha value is -1.75. The van der Waals surface area contributed by atoms with Crippen molar-refractivity contribution >= 4 is 11.6 Å². The first-order valence-corrected chi connectivity index (χ1v) is 5.75. The van der Waals surface area contributed by atoms with Gasteiger partial charge in [0.1, 0.15) is 11.6 Å². The van der Waals surface area contributed by atoms with Crippen molar-refractivity contribution in [1.29, 1.82) is 0 Å². The van der Waals surface area contributed by atoms with Crippen LogP contribution in [0.1, 0.15) is 12.7 Å². The van der Waals surface area contributed by atoms with Crippen LogP contribution in [-0.2, 0) is 6.42 Å². The fourth-order valence-electron chi connectivity index (χ4n) is 1.59. The van der Waals surface area contributed by atoms with Crippen molar-refractivity contribution in [2.75, 3.05) is 6.07 Å². The fraction of sp³-hybridized carbons (Fsp3) is 0.273. The van der Waals surface area contributed by atoms with E-state index in [1.165, 1.54) is 4.57 Å². The van der Waals surface area contributed by atoms with Crippen LogP contribution in [0, 0.1) is 0 Å². The van der Waals surface area contributed by atoms with Gasteiger partial charge in [0.05, 0.1) is 5.69 Å². The number of halogens is 1. The lowest BCUT2D eigenvalue weighted by molar-refractivity contribution is 0.388. The maximum atomic E-state index is 11.6. The first kappa shape index (κ1) is 11.7. The monoisotopic (exact) mass is 253 g/mol. The maximum absolute atomic E-state index is 11.6. The summed E-state index contributed by atoms with van der Waals surface area (Å²) >= 11 is 5.46. The van der Waals surface area contributed by atoms with Crippen molar-refractivity contribution in [2.24, 2.45) is 0 Å². The molecule has 0 aliphatic rings. The molecule has 0 saturated heterocycles. The number of hydrogen-bond acceptors (Lipinski definition) is 3. The normalized spacial score (nSPS) is 10.5. The summed E-state index contributed by atoms with van der Waals surface area (Å²) in [4.78, 5) is 11.6. The van der Waals surface area contributed by atoms with Gasteiger partial charge in [-0.15, -0.1) is 0 Å². The van der Waals surface area contributed by atoms with Crippen molar-refractivity contribution in [2.45, 2.75) is 13.3 Å². The van der Waals surface area contributed by atoms with Crippen LogP contribution in [-0.4, -0.2) is 20.8 Å². The number of alkyl halides is 1. The van der Waals surface area contributed by atoms with E-state index in [0.29, 0.717) is 18.0 Å². The fourth-order valence-corrected chi connectivity index (χ4v) is 1.71. The zero-order valence-electron chi connectivity index (χ0n) is 9.31. The molecule has 2 aromatic rings. The summed E-state index contributed by atoms with van der Waals surface area (Å²) < 4.78 is 6.65. The molecule has 6 heteroatoms. The molecule has 0 bridgehead atoms. The topological polar surface area (TPSA) is 59.9 Å². The number of aromatic amines is 1. The summed E-state index contributed by atoms with van der Waals surface area (Å²) in [7, 11) is 0. The molecule has 2 rings (SSSR count). The predicted molar refractivity (Wildman–Crippen MR) is 64.9 cm³/mol. The number of benzene rings is 1. The van der Waals surface area contributed by atoms with Gasteiger partial charge in [-0.3, -0.25) is 0 Å². The number of hydrogen-bond donors (Lipinski definition) is 1. The molecule has 0 atom stereocenters. The van der Waals surface area contributed by atoms with Gasteiger partial charge in [0, 0.05) is 6.42 Å². The van der Waals surface area contributed by atoms with Crippen LogP contribution in [0.4, 0.5) is 0 Å². The minimum Gasteiger partial charge on any atom is -0.478 e. The Labute approximate surface area is 103 Å². The molecule has 0 unspecified atom stereocenters. The van der Waals surface area contributed by atoms with Gasteiger partial charge < -0.3 is 4.74 Å². The molecule has 1 aromatic heterocycles. The number of aromatic nitrogens is 3. The van der Waals surface area contributed by atoms with E-state index >= 15 is 0 Å². The van der Waals surface area contributed by atoms with Crippen molar-refractivity contribution in [3.8, 4) is 11.4 Å². The first-order valence-electron chi connectivity index (χ1n) is 5.21. The summed E-state index contributed by atoms with van der Waals surface area (Å²) in [6.45, 7) is 1.94. The summed E-state index contributed by atoms with van der Waals surface area (Å²) in [5, 5.41) is 6.37. The quantitative estimate of drug-likeness (QED) is 0.844. The van der Waals surface area contributed by atoms with E-state index in [9.17, 15) is 4.79 Å². The van der Waals surface area contributed by atoms with Gasteiger partial charge in [-0.1, -0.05) is 18.5 Å². The van der Waals surface area contributed by atoms with Crippen molar-refractivity contribution in [3.63, 3.8) is 0 Å². The van der Waals surface area contributed by atoms with Crippen LogP contribution < -0.4 is 10.4 Å². The number of nitrogens with one attached hydrogen (secondary N) is 1. The smallest absolute Gasteiger partial charge is 0.347 e. The van der Waals surface area contributed by atoms with Gasteiger partial charge in [0.15, 0.2) is 6.07 Å². The highest BCUT2D eigenvalue weighted by Gasteiger charge is 2.08. The second-order valence-electron chi connectivity index (χ2n) is 3.38. The molecule has 5 nitrogen and oxygen atoms in total. The molecule has 0 fully saturated rings. The highest BCUT2D eigenvalue weighted by atomic mass is 35.5. The van der Waals surface area contributed by atoms with Gasteiger partial charge >= 0.3 is 5.69 Å². The Morgan fingerprint density at radius 1 is 1.41 bits per heavy atom. The molecule has 90 valence electrons. The third-order valence-corrected chi connectivity index (χ3v) is 2.48. The molecule has 0 saturated carbocycles. The van der Waals surface area contributed by atoms with E-state index in [1.807, 2.05) is 6.92 Å². The minimum atomic E-state index is -0.243. The lowest BCUT2D eigenvalue weighted by atomic mass is 10.3. The molecule has 0 spiro atoms. The van der Waals surface area contributed by atoms with Gasteiger partial charge in [0.25, 0.3) is 0 Å². The van der Waals surface area contributed by atoms with Crippen LogP contribution in [0.25, 0.3) is 5.69 Å². The Morgan fingerprint density at radius 3 is 2.71 bits per heavy atom. The van der Waals surface area contributed by atoms with Crippen LogP contribution >= 0.6 is 11.6 Å². The molecular weight excluding hydrogens is 242 g/mol. The third kappa shape index (κ3) is 2.34. The largest absolute Gasteiger partial charge is 0.478 e. The van der Waals surface area contributed by atoms with E-state index in [2.05, 4.69) is 10.2 Å². The average molecular weight is 254 g/mol. The van der Waals surface area contributed by atoms with E-state index in [1.54, 1.807) is 24.3 Å². The zero-order chi connectivity index (χ0) is 12.3. The lowest BCUT2D eigenvalue weighted by Gasteiger charge is -2.06. The standard InChI is InChI=1S/C11H12ClN3O2/c1-2-10-13-14-11(16)15(10)8-3-5-9(6-4-8)17-7-12/h3-6H,2,7H2,1H3,(H,14,16). The number of aryl methyl sites for hydroxylation is 1. The van der Waals surface area contributed by atoms with Gasteiger partial charge in [0.2, 0.25) is 0 Å². The van der Waals surface area contributed by atoms with E-state index in [4.69, 9.17) is 16.3 Å². The Bertz CT molecular complexity index is 545. The molecule has 1 N–H and O–H groups in total. The first-order chi connectivity index (χ1) is 8.26. The molecule has 0 radical (unpaired) electrons. The van der Waals surface area contributed by atoms with Crippen molar-refractivity contribution in [1.82, 2.24) is 14.8 Å². The van der Waals surface area contributed by atoms with Crippen LogP contribution in [0.3, 0.4) is 0 Å². The summed E-state index contributed by atoms with van der Waals surface area (Å²) in [6.07, 6.45) is 0.679. The highest BCUT2D eigenvalue weighted by molar-refractivity contribution is 6.17. The number of nitrogens with zero attached hydrogens (tertiary/aromatic N) is 2. The summed E-state index contributed by atoms with van der Waals surface area (Å²) in [6, 6.07) is 7.20. The van der Waals surface area contributed by atoms with Crippen LogP contribution in [0.15, 0.2) is 29.1 Å². The van der Waals surface area contributed by atoms with Crippen LogP contribution in [0.2, 0.25) is 0 Å². The van der Waals surface area contributed by atoms with E-state index < -0.39 is 0 Å². The Morgan fingerprint density at radius 2 is 2.12 bits per heavy atom. The highest BCUT2D eigenvalue weighted by Crippen LogP contribution is 2.15. The summed E-state index contributed by atoms with van der Waals surface area (Å²) in [5.74, 6) is 1.36. The van der Waals surface area contributed by atoms with E-state index in [-0.39, 0.29) is 11.8 Å². The average Bonchev–Trinajstić information content (AvgIpc) is 2.72. The van der Waals surface area contributed by atoms with Gasteiger partial charge in [-0.25, -0.2) is 14.5 Å². The SMILES string of the molecule is CCc1n[nH]c(=O)n1-c1ccc(OCCl)cc1. The molecule has 0 amide bonds. The molecular formula is C11H12ClN3O2. The predicted octanol–water partition coefficient (Wildman–Crippen LogP) is 1.70.